The normalized spacial score (nSPS) is 10.6. The van der Waals surface area contributed by atoms with Gasteiger partial charge in [-0.1, -0.05) is 35.9 Å². The molecule has 0 aliphatic carbocycles. The zero-order chi connectivity index (χ0) is 22.0. The maximum Gasteiger partial charge on any atom is 0.294 e. The Bertz CT molecular complexity index is 1270. The first-order valence-electron chi connectivity index (χ1n) is 9.19. The first-order valence-corrected chi connectivity index (χ1v) is 9.57. The Morgan fingerprint density at radius 1 is 1.00 bits per heavy atom. The Labute approximate surface area is 181 Å². The molecule has 0 aliphatic heterocycles. The van der Waals surface area contributed by atoms with Crippen LogP contribution in [0.1, 0.15) is 26.5 Å². The molecule has 2 heterocycles. The van der Waals surface area contributed by atoms with Crippen LogP contribution in [-0.2, 0) is 0 Å². The number of aromatic hydroxyl groups is 1. The van der Waals surface area contributed by atoms with Crippen LogP contribution in [0.5, 0.6) is 5.75 Å². The lowest BCUT2D eigenvalue weighted by Gasteiger charge is -2.07. The van der Waals surface area contributed by atoms with Crippen LogP contribution in [0.15, 0.2) is 67.0 Å². The van der Waals surface area contributed by atoms with Crippen LogP contribution in [0.3, 0.4) is 0 Å². The summed E-state index contributed by atoms with van der Waals surface area (Å²) in [4.78, 5) is 24.9. The van der Waals surface area contributed by atoms with Crippen molar-refractivity contribution in [2.75, 3.05) is 0 Å². The molecule has 0 saturated heterocycles. The predicted octanol–water partition coefficient (Wildman–Crippen LogP) is 2.80. The maximum atomic E-state index is 12.5. The third kappa shape index (κ3) is 4.12. The maximum absolute atomic E-state index is 12.5. The van der Waals surface area contributed by atoms with Crippen molar-refractivity contribution in [3.8, 4) is 17.1 Å². The standard InChI is InChI=1S/C21H17ClN6O3/c1-13-17(11-23-28(13)16-9-5-6-14(22)10-16)20(30)24-25-21(31)19-18(29)12-27(26-19)15-7-3-2-4-8-15/h2-12,29H,1H3,(H,24,30)(H,25,31). The predicted molar refractivity (Wildman–Crippen MR) is 113 cm³/mol. The monoisotopic (exact) mass is 436 g/mol. The van der Waals surface area contributed by atoms with E-state index < -0.39 is 11.8 Å². The van der Waals surface area contributed by atoms with Crippen LogP contribution >= 0.6 is 11.6 Å². The largest absolute Gasteiger partial charge is 0.504 e. The van der Waals surface area contributed by atoms with Crippen molar-refractivity contribution in [3.05, 3.63) is 89.0 Å². The average Bonchev–Trinajstić information content (AvgIpc) is 3.35. The van der Waals surface area contributed by atoms with Gasteiger partial charge in [-0.15, -0.1) is 0 Å². The Morgan fingerprint density at radius 3 is 2.45 bits per heavy atom. The number of halogens is 1. The first-order chi connectivity index (χ1) is 14.9. The molecule has 4 aromatic rings. The van der Waals surface area contributed by atoms with Gasteiger partial charge in [0.15, 0.2) is 11.4 Å². The minimum atomic E-state index is -0.764. The fourth-order valence-electron chi connectivity index (χ4n) is 2.98. The molecule has 0 atom stereocenters. The second-order valence-electron chi connectivity index (χ2n) is 6.59. The summed E-state index contributed by atoms with van der Waals surface area (Å²) in [7, 11) is 0. The summed E-state index contributed by atoms with van der Waals surface area (Å²) in [5.74, 6) is -1.65. The van der Waals surface area contributed by atoms with E-state index in [9.17, 15) is 14.7 Å². The van der Waals surface area contributed by atoms with Crippen molar-refractivity contribution in [1.29, 1.82) is 0 Å². The average molecular weight is 437 g/mol. The minimum Gasteiger partial charge on any atom is -0.504 e. The summed E-state index contributed by atoms with van der Waals surface area (Å²) < 4.78 is 2.93. The number of para-hydroxylation sites is 1. The number of carbonyl (C=O) groups excluding carboxylic acids is 2. The van der Waals surface area contributed by atoms with Gasteiger partial charge in [0.1, 0.15) is 0 Å². The van der Waals surface area contributed by atoms with Crippen LogP contribution < -0.4 is 10.9 Å². The molecule has 31 heavy (non-hydrogen) atoms. The molecular weight excluding hydrogens is 420 g/mol. The molecule has 0 saturated carbocycles. The number of amides is 2. The van der Waals surface area contributed by atoms with E-state index in [2.05, 4.69) is 21.0 Å². The molecule has 0 radical (unpaired) electrons. The van der Waals surface area contributed by atoms with Crippen molar-refractivity contribution in [1.82, 2.24) is 30.4 Å². The summed E-state index contributed by atoms with van der Waals surface area (Å²) in [5, 5.41) is 18.9. The van der Waals surface area contributed by atoms with Gasteiger partial charge >= 0.3 is 0 Å². The number of aromatic nitrogens is 4. The summed E-state index contributed by atoms with van der Waals surface area (Å²) in [6.07, 6.45) is 2.70. The number of hydrogen-bond donors (Lipinski definition) is 3. The molecule has 10 heteroatoms. The highest BCUT2D eigenvalue weighted by Gasteiger charge is 2.20. The molecule has 0 spiro atoms. The third-order valence-corrected chi connectivity index (χ3v) is 4.76. The quantitative estimate of drug-likeness (QED) is 0.426. The molecule has 0 aliphatic rings. The van der Waals surface area contributed by atoms with Gasteiger partial charge in [0, 0.05) is 5.02 Å². The zero-order valence-corrected chi connectivity index (χ0v) is 17.0. The molecule has 9 nitrogen and oxygen atoms in total. The topological polar surface area (TPSA) is 114 Å². The second kappa shape index (κ2) is 8.33. The zero-order valence-electron chi connectivity index (χ0n) is 16.3. The summed E-state index contributed by atoms with van der Waals surface area (Å²) in [6.45, 7) is 1.72. The number of hydrazine groups is 1. The fraction of sp³-hybridized carbons (Fsp3) is 0.0476. The molecule has 2 aromatic heterocycles. The van der Waals surface area contributed by atoms with E-state index in [4.69, 9.17) is 11.6 Å². The van der Waals surface area contributed by atoms with Crippen LogP contribution in [0.2, 0.25) is 5.02 Å². The SMILES string of the molecule is Cc1c(C(=O)NNC(=O)c2nn(-c3ccccc3)cc2O)cnn1-c1cccc(Cl)c1. The Hall–Kier alpha value is -4.11. The lowest BCUT2D eigenvalue weighted by molar-refractivity contribution is 0.0841. The van der Waals surface area contributed by atoms with Crippen molar-refractivity contribution in [2.24, 2.45) is 0 Å². The second-order valence-corrected chi connectivity index (χ2v) is 7.02. The van der Waals surface area contributed by atoms with Gasteiger partial charge in [-0.05, 0) is 37.3 Å². The Kier molecular flexibility index (Phi) is 5.42. The number of benzene rings is 2. The van der Waals surface area contributed by atoms with E-state index in [0.29, 0.717) is 22.1 Å². The van der Waals surface area contributed by atoms with Gasteiger partial charge in [-0.3, -0.25) is 20.4 Å². The summed E-state index contributed by atoms with van der Waals surface area (Å²) in [6, 6.07) is 16.0. The smallest absolute Gasteiger partial charge is 0.294 e. The van der Waals surface area contributed by atoms with E-state index in [1.165, 1.54) is 17.1 Å². The van der Waals surface area contributed by atoms with Crippen LogP contribution in [0, 0.1) is 6.92 Å². The van der Waals surface area contributed by atoms with E-state index >= 15 is 0 Å². The van der Waals surface area contributed by atoms with Gasteiger partial charge in [0.2, 0.25) is 0 Å². The first kappa shape index (κ1) is 20.2. The number of nitrogens with one attached hydrogen (secondary N) is 2. The molecule has 2 aromatic carbocycles. The fourth-order valence-corrected chi connectivity index (χ4v) is 3.16. The molecule has 3 N–H and O–H groups in total. The summed E-state index contributed by atoms with van der Waals surface area (Å²) >= 11 is 6.02. The molecule has 2 amide bonds. The van der Waals surface area contributed by atoms with Gasteiger partial charge in [0.05, 0.1) is 35.0 Å². The van der Waals surface area contributed by atoms with Gasteiger partial charge < -0.3 is 5.11 Å². The van der Waals surface area contributed by atoms with E-state index in [0.717, 1.165) is 0 Å². The van der Waals surface area contributed by atoms with Crippen LogP contribution in [-0.4, -0.2) is 36.5 Å². The lowest BCUT2D eigenvalue weighted by Crippen LogP contribution is -2.42. The highest BCUT2D eigenvalue weighted by molar-refractivity contribution is 6.30. The number of rotatable bonds is 4. The molecule has 0 fully saturated rings. The van der Waals surface area contributed by atoms with Crippen molar-refractivity contribution in [3.63, 3.8) is 0 Å². The van der Waals surface area contributed by atoms with Gasteiger partial charge in [-0.25, -0.2) is 9.36 Å². The van der Waals surface area contributed by atoms with Gasteiger partial charge in [-0.2, -0.15) is 10.2 Å². The molecule has 0 unspecified atom stereocenters. The highest BCUT2D eigenvalue weighted by Crippen LogP contribution is 2.19. The number of carbonyl (C=O) groups is 2. The van der Waals surface area contributed by atoms with E-state index in [1.54, 1.807) is 60.1 Å². The Balaban J connectivity index is 1.46. The number of nitrogens with zero attached hydrogens (tertiary/aromatic N) is 4. The lowest BCUT2D eigenvalue weighted by atomic mass is 10.2. The molecule has 156 valence electrons. The van der Waals surface area contributed by atoms with Crippen molar-refractivity contribution >= 4 is 23.4 Å². The highest BCUT2D eigenvalue weighted by atomic mass is 35.5. The van der Waals surface area contributed by atoms with Crippen molar-refractivity contribution < 1.29 is 14.7 Å². The third-order valence-electron chi connectivity index (χ3n) is 4.53. The minimum absolute atomic E-state index is 0.226. The van der Waals surface area contributed by atoms with Crippen LogP contribution in [0.4, 0.5) is 0 Å². The van der Waals surface area contributed by atoms with E-state index in [1.807, 2.05) is 6.07 Å². The van der Waals surface area contributed by atoms with E-state index in [-0.39, 0.29) is 17.0 Å². The number of hydrogen-bond acceptors (Lipinski definition) is 5. The van der Waals surface area contributed by atoms with Crippen LogP contribution in [0.25, 0.3) is 11.4 Å². The van der Waals surface area contributed by atoms with Crippen molar-refractivity contribution in [2.45, 2.75) is 6.92 Å². The molecular formula is C21H17ClN6O3. The van der Waals surface area contributed by atoms with Gasteiger partial charge in [0.25, 0.3) is 11.8 Å². The summed E-state index contributed by atoms with van der Waals surface area (Å²) in [5.41, 5.74) is 6.54. The molecule has 4 rings (SSSR count). The Morgan fingerprint density at radius 2 is 1.71 bits per heavy atom. The molecule has 0 bridgehead atoms.